The Balaban J connectivity index is 1.73. The van der Waals surface area contributed by atoms with E-state index in [1.165, 1.54) is 17.1 Å². The van der Waals surface area contributed by atoms with Gasteiger partial charge in [0.2, 0.25) is 0 Å². The summed E-state index contributed by atoms with van der Waals surface area (Å²) >= 11 is 0. The van der Waals surface area contributed by atoms with E-state index in [-0.39, 0.29) is 5.95 Å². The van der Waals surface area contributed by atoms with Crippen molar-refractivity contribution in [1.82, 2.24) is 20.6 Å². The number of nitrogens with one attached hydrogen (secondary N) is 1. The molecule has 0 bridgehead atoms. The second-order valence-electron chi connectivity index (χ2n) is 5.93. The quantitative estimate of drug-likeness (QED) is 0.515. The maximum Gasteiger partial charge on any atom is 0.416 e. The molecule has 144 valence electrons. The molecule has 3 N–H and O–H groups in total. The maximum atomic E-state index is 12.8. The zero-order valence-electron chi connectivity index (χ0n) is 14.3. The molecule has 3 aromatic rings. The van der Waals surface area contributed by atoms with Crippen LogP contribution in [0.1, 0.15) is 11.1 Å². The number of hydrogen-bond acceptors (Lipinski definition) is 7. The topological polar surface area (TPSA) is 105 Å². The smallest absolute Gasteiger partial charge is 0.416 e. The van der Waals surface area contributed by atoms with E-state index >= 15 is 0 Å². The SMILES string of the molecule is NN(C1=NCCOc2ccc(-c3ccc(C(F)(F)F)cc3)cc21)c1nnn[nH]1. The molecule has 0 fully saturated rings. The molecule has 0 unspecified atom stereocenters. The second kappa shape index (κ2) is 6.93. The number of nitrogens with zero attached hydrogens (tertiary/aromatic N) is 5. The molecule has 11 heteroatoms. The van der Waals surface area contributed by atoms with Crippen LogP contribution in [-0.4, -0.2) is 39.6 Å². The molecule has 0 saturated carbocycles. The summed E-state index contributed by atoms with van der Waals surface area (Å²) in [6.45, 7) is 0.730. The summed E-state index contributed by atoms with van der Waals surface area (Å²) in [6.07, 6.45) is -4.38. The van der Waals surface area contributed by atoms with Gasteiger partial charge in [-0.2, -0.15) is 13.2 Å². The van der Waals surface area contributed by atoms with Gasteiger partial charge in [0, 0.05) is 0 Å². The maximum absolute atomic E-state index is 12.8. The second-order valence-corrected chi connectivity index (χ2v) is 5.93. The highest BCUT2D eigenvalue weighted by atomic mass is 19.4. The zero-order valence-corrected chi connectivity index (χ0v) is 14.3. The number of nitrogens with two attached hydrogens (primary N) is 1. The van der Waals surface area contributed by atoms with E-state index in [4.69, 9.17) is 10.6 Å². The number of halogens is 3. The Morgan fingerprint density at radius 3 is 2.50 bits per heavy atom. The van der Waals surface area contributed by atoms with E-state index in [9.17, 15) is 13.2 Å². The Kier molecular flexibility index (Phi) is 4.43. The molecule has 2 heterocycles. The van der Waals surface area contributed by atoms with Crippen molar-refractivity contribution in [3.05, 3.63) is 53.6 Å². The highest BCUT2D eigenvalue weighted by Gasteiger charge is 2.30. The molecule has 0 aliphatic carbocycles. The first-order chi connectivity index (χ1) is 13.4. The van der Waals surface area contributed by atoms with E-state index in [0.29, 0.717) is 41.4 Å². The first kappa shape index (κ1) is 17.9. The minimum absolute atomic E-state index is 0.187. The highest BCUT2D eigenvalue weighted by molar-refractivity contribution is 6.10. The van der Waals surface area contributed by atoms with E-state index in [2.05, 4.69) is 25.6 Å². The number of ether oxygens (including phenoxy) is 1. The first-order valence-electron chi connectivity index (χ1n) is 8.21. The van der Waals surface area contributed by atoms with Gasteiger partial charge in [0.25, 0.3) is 5.95 Å². The van der Waals surface area contributed by atoms with Gasteiger partial charge in [-0.25, -0.2) is 16.0 Å². The van der Waals surface area contributed by atoms with Crippen LogP contribution < -0.4 is 15.6 Å². The van der Waals surface area contributed by atoms with Crippen molar-refractivity contribution in [2.24, 2.45) is 10.8 Å². The average Bonchev–Trinajstić information content (AvgIpc) is 3.14. The van der Waals surface area contributed by atoms with E-state index in [1.807, 2.05) is 0 Å². The van der Waals surface area contributed by atoms with Crippen LogP contribution in [0.15, 0.2) is 47.5 Å². The van der Waals surface area contributed by atoms with E-state index in [0.717, 1.165) is 12.1 Å². The van der Waals surface area contributed by atoms with Crippen molar-refractivity contribution in [2.45, 2.75) is 6.18 Å². The third kappa shape index (κ3) is 3.39. The first-order valence-corrected chi connectivity index (χ1v) is 8.21. The fourth-order valence-corrected chi connectivity index (χ4v) is 2.82. The minimum atomic E-state index is -4.38. The van der Waals surface area contributed by atoms with Crippen molar-refractivity contribution in [3.8, 4) is 16.9 Å². The van der Waals surface area contributed by atoms with Crippen LogP contribution in [-0.2, 0) is 6.18 Å². The summed E-state index contributed by atoms with van der Waals surface area (Å²) in [5, 5.41) is 14.5. The van der Waals surface area contributed by atoms with Crippen LogP contribution in [0.3, 0.4) is 0 Å². The number of tetrazole rings is 1. The van der Waals surface area contributed by atoms with Gasteiger partial charge in [-0.1, -0.05) is 23.3 Å². The van der Waals surface area contributed by atoms with Gasteiger partial charge in [-0.15, -0.1) is 0 Å². The average molecular weight is 389 g/mol. The number of aromatic nitrogens is 4. The summed E-state index contributed by atoms with van der Waals surface area (Å²) in [5.41, 5.74) is 1.18. The lowest BCUT2D eigenvalue weighted by Crippen LogP contribution is -2.39. The number of alkyl halides is 3. The molecule has 1 aliphatic rings. The molecule has 1 aromatic heterocycles. The molecule has 0 amide bonds. The van der Waals surface area contributed by atoms with Gasteiger partial charge in [0.15, 0.2) is 5.84 Å². The predicted molar refractivity (Wildman–Crippen MR) is 94.6 cm³/mol. The Morgan fingerprint density at radius 2 is 1.82 bits per heavy atom. The number of fused-ring (bicyclic) bond motifs is 1. The van der Waals surface area contributed by atoms with Crippen molar-refractivity contribution < 1.29 is 17.9 Å². The molecule has 2 aromatic carbocycles. The lowest BCUT2D eigenvalue weighted by Gasteiger charge is -2.18. The van der Waals surface area contributed by atoms with Gasteiger partial charge in [0.05, 0.1) is 17.7 Å². The highest BCUT2D eigenvalue weighted by Crippen LogP contribution is 2.33. The number of H-pyrrole nitrogens is 1. The molecular weight excluding hydrogens is 375 g/mol. The summed E-state index contributed by atoms with van der Waals surface area (Å²) in [6, 6.07) is 10.2. The van der Waals surface area contributed by atoms with Crippen molar-refractivity contribution in [1.29, 1.82) is 0 Å². The third-order valence-electron chi connectivity index (χ3n) is 4.17. The molecule has 1 aliphatic heterocycles. The molecule has 0 atom stereocenters. The van der Waals surface area contributed by atoms with Gasteiger partial charge in [-0.05, 0) is 45.8 Å². The standard InChI is InChI=1S/C17H14F3N7O/c18-17(19,20)12-4-1-10(2-5-12)11-3-6-14-13(9-11)15(22-7-8-28-14)27(21)16-23-25-26-24-16/h1-6,9H,7-8,21H2,(H,23,24,25,26). The molecule has 0 spiro atoms. The van der Waals surface area contributed by atoms with E-state index < -0.39 is 11.7 Å². The van der Waals surface area contributed by atoms with Gasteiger partial charge < -0.3 is 4.74 Å². The fourth-order valence-electron chi connectivity index (χ4n) is 2.82. The van der Waals surface area contributed by atoms with Crippen LogP contribution in [0.4, 0.5) is 19.1 Å². The normalized spacial score (nSPS) is 13.9. The van der Waals surface area contributed by atoms with Crippen LogP contribution in [0, 0.1) is 0 Å². The Bertz CT molecular complexity index is 1000. The predicted octanol–water partition coefficient (Wildman–Crippen LogP) is 2.40. The molecule has 28 heavy (non-hydrogen) atoms. The summed E-state index contributed by atoms with van der Waals surface area (Å²) < 4.78 is 44.1. The number of rotatable bonds is 2. The number of anilines is 1. The summed E-state index contributed by atoms with van der Waals surface area (Å²) in [7, 11) is 0. The molecule has 8 nitrogen and oxygen atoms in total. The Morgan fingerprint density at radius 1 is 1.07 bits per heavy atom. The van der Waals surface area contributed by atoms with Gasteiger partial charge in [0.1, 0.15) is 12.4 Å². The van der Waals surface area contributed by atoms with Crippen molar-refractivity contribution in [3.63, 3.8) is 0 Å². The van der Waals surface area contributed by atoms with E-state index in [1.54, 1.807) is 18.2 Å². The Hall–Kier alpha value is -3.47. The van der Waals surface area contributed by atoms with Gasteiger partial charge >= 0.3 is 6.18 Å². The minimum Gasteiger partial charge on any atom is -0.491 e. The number of aromatic amines is 1. The number of aliphatic imine (C=N–C) groups is 1. The molecule has 0 radical (unpaired) electrons. The number of hydrazine groups is 1. The fraction of sp³-hybridized carbons (Fsp3) is 0.176. The van der Waals surface area contributed by atoms with Crippen LogP contribution in [0.2, 0.25) is 0 Å². The largest absolute Gasteiger partial charge is 0.491 e. The molecular formula is C17H14F3N7O. The zero-order chi connectivity index (χ0) is 19.7. The third-order valence-corrected chi connectivity index (χ3v) is 4.17. The summed E-state index contributed by atoms with van der Waals surface area (Å²) in [4.78, 5) is 4.43. The lowest BCUT2D eigenvalue weighted by atomic mass is 10.0. The van der Waals surface area contributed by atoms with Crippen LogP contribution >= 0.6 is 0 Å². The number of amidine groups is 1. The van der Waals surface area contributed by atoms with Crippen LogP contribution in [0.5, 0.6) is 5.75 Å². The van der Waals surface area contributed by atoms with Crippen molar-refractivity contribution >= 4 is 11.8 Å². The Labute approximate surface area is 156 Å². The monoisotopic (exact) mass is 389 g/mol. The van der Waals surface area contributed by atoms with Gasteiger partial charge in [-0.3, -0.25) is 4.99 Å². The van der Waals surface area contributed by atoms with Crippen LogP contribution in [0.25, 0.3) is 11.1 Å². The summed E-state index contributed by atoms with van der Waals surface area (Å²) in [5.74, 6) is 7.22. The number of benzene rings is 2. The number of hydrogen-bond donors (Lipinski definition) is 2. The lowest BCUT2D eigenvalue weighted by molar-refractivity contribution is -0.137. The molecule has 0 saturated heterocycles. The molecule has 4 rings (SSSR count). The van der Waals surface area contributed by atoms with Crippen molar-refractivity contribution in [2.75, 3.05) is 18.2 Å².